The van der Waals surface area contributed by atoms with Gasteiger partial charge in [-0.3, -0.25) is 4.99 Å². The van der Waals surface area contributed by atoms with Gasteiger partial charge in [-0.25, -0.2) is 0 Å². The van der Waals surface area contributed by atoms with Gasteiger partial charge in [0.25, 0.3) is 0 Å². The van der Waals surface area contributed by atoms with Gasteiger partial charge in [0.1, 0.15) is 5.75 Å². The van der Waals surface area contributed by atoms with Crippen LogP contribution >= 0.6 is 0 Å². The molecule has 0 aliphatic heterocycles. The zero-order valence-corrected chi connectivity index (χ0v) is 14.7. The summed E-state index contributed by atoms with van der Waals surface area (Å²) in [4.78, 5) is 4.43. The van der Waals surface area contributed by atoms with Crippen molar-refractivity contribution in [3.8, 4) is 16.9 Å². The maximum absolute atomic E-state index is 9.98. The van der Waals surface area contributed by atoms with E-state index in [0.29, 0.717) is 0 Å². The maximum atomic E-state index is 9.98. The summed E-state index contributed by atoms with van der Waals surface area (Å²) in [6.07, 6.45) is 1.69. The Labute approximate surface area is 150 Å². The van der Waals surface area contributed by atoms with E-state index in [1.165, 1.54) is 5.56 Å². The second-order valence-electron chi connectivity index (χ2n) is 5.18. The topological polar surface area (TPSA) is 49.7 Å². The van der Waals surface area contributed by atoms with Crippen LogP contribution in [0.1, 0.15) is 11.1 Å². The zero-order valence-electron chi connectivity index (χ0n) is 13.3. The van der Waals surface area contributed by atoms with E-state index in [-0.39, 0.29) is 5.75 Å². The SMILES string of the molecule is Cc1cccc(C=Nc2ccc(-c3ccccc3)cc2)c1O.[O]=[V]. The van der Waals surface area contributed by atoms with E-state index in [4.69, 9.17) is 3.67 Å². The quantitative estimate of drug-likeness (QED) is 0.673. The molecule has 0 unspecified atom stereocenters. The zero-order chi connectivity index (χ0) is 17.4. The third-order valence-corrected chi connectivity index (χ3v) is 3.60. The molecular weight excluding hydrogens is 337 g/mol. The minimum atomic E-state index is 0.284. The number of phenolic OH excluding ortho intramolecular Hbond substituents is 1. The van der Waals surface area contributed by atoms with Crippen LogP contribution in [0.25, 0.3) is 11.1 Å². The molecule has 0 saturated carbocycles. The molecule has 0 atom stereocenters. The van der Waals surface area contributed by atoms with E-state index >= 15 is 0 Å². The molecule has 0 fully saturated rings. The molecule has 0 saturated heterocycles. The fourth-order valence-corrected chi connectivity index (χ4v) is 2.30. The molecule has 3 nitrogen and oxygen atoms in total. The van der Waals surface area contributed by atoms with Crippen LogP contribution in [-0.4, -0.2) is 11.3 Å². The summed E-state index contributed by atoms with van der Waals surface area (Å²) < 4.78 is 8.19. The molecule has 0 bridgehead atoms. The van der Waals surface area contributed by atoms with Crippen LogP contribution in [0.3, 0.4) is 0 Å². The Hall–Kier alpha value is -2.49. The summed E-state index contributed by atoms with van der Waals surface area (Å²) in [6.45, 7) is 1.88. The summed E-state index contributed by atoms with van der Waals surface area (Å²) in [5.74, 6) is 0.284. The van der Waals surface area contributed by atoms with Crippen LogP contribution in [-0.2, 0) is 21.0 Å². The average Bonchev–Trinajstić information content (AvgIpc) is 2.66. The number of aromatic hydroxyl groups is 1. The molecule has 0 aliphatic carbocycles. The van der Waals surface area contributed by atoms with Gasteiger partial charge in [-0.15, -0.1) is 0 Å². The van der Waals surface area contributed by atoms with Crippen molar-refractivity contribution in [1.29, 1.82) is 0 Å². The number of phenols is 1. The summed E-state index contributed by atoms with van der Waals surface area (Å²) in [5.41, 5.74) is 4.79. The van der Waals surface area contributed by atoms with E-state index in [0.717, 1.165) is 39.7 Å². The minimum absolute atomic E-state index is 0.284. The Morgan fingerprint density at radius 1 is 0.833 bits per heavy atom. The van der Waals surface area contributed by atoms with E-state index < -0.39 is 0 Å². The summed E-state index contributed by atoms with van der Waals surface area (Å²) in [5, 5.41) is 9.98. The molecule has 0 amide bonds. The fourth-order valence-electron chi connectivity index (χ4n) is 2.30. The van der Waals surface area contributed by atoms with Gasteiger partial charge in [-0.2, -0.15) is 0 Å². The molecule has 119 valence electrons. The van der Waals surface area contributed by atoms with Crippen LogP contribution in [0.2, 0.25) is 0 Å². The number of benzene rings is 3. The van der Waals surface area contributed by atoms with E-state index in [1.807, 2.05) is 55.5 Å². The number of para-hydroxylation sites is 1. The van der Waals surface area contributed by atoms with Crippen molar-refractivity contribution in [3.05, 3.63) is 83.9 Å². The molecule has 0 radical (unpaired) electrons. The van der Waals surface area contributed by atoms with Crippen LogP contribution < -0.4 is 0 Å². The van der Waals surface area contributed by atoms with Crippen molar-refractivity contribution in [2.45, 2.75) is 6.92 Å². The summed E-state index contributed by atoms with van der Waals surface area (Å²) in [6, 6.07) is 23.9. The standard InChI is InChI=1S/C20H17NO.O.V/c1-15-6-5-9-18(20(15)22)14-21-19-12-10-17(11-13-19)16-7-3-2-4-8-16;;/h2-14,22H,1H3;;. The van der Waals surface area contributed by atoms with Crippen molar-refractivity contribution in [2.75, 3.05) is 0 Å². The molecule has 0 aliphatic rings. The molecule has 3 aromatic rings. The van der Waals surface area contributed by atoms with Crippen molar-refractivity contribution in [1.82, 2.24) is 0 Å². The molecule has 0 aromatic heterocycles. The predicted octanol–water partition coefficient (Wildman–Crippen LogP) is 5.00. The number of hydrogen-bond acceptors (Lipinski definition) is 3. The van der Waals surface area contributed by atoms with Crippen LogP contribution in [0.15, 0.2) is 77.8 Å². The number of aryl methyl sites for hydroxylation is 1. The fraction of sp³-hybridized carbons (Fsp3) is 0.0500. The number of rotatable bonds is 3. The van der Waals surface area contributed by atoms with Gasteiger partial charge in [0, 0.05) is 11.8 Å². The molecule has 0 spiro atoms. The van der Waals surface area contributed by atoms with Gasteiger partial charge in [0.2, 0.25) is 0 Å². The van der Waals surface area contributed by atoms with Crippen LogP contribution in [0.5, 0.6) is 5.75 Å². The molecule has 0 heterocycles. The van der Waals surface area contributed by atoms with Crippen LogP contribution in [0.4, 0.5) is 5.69 Å². The molecule has 1 N–H and O–H groups in total. The van der Waals surface area contributed by atoms with E-state index in [9.17, 15) is 5.11 Å². The van der Waals surface area contributed by atoms with Gasteiger partial charge < -0.3 is 5.11 Å². The first-order valence-corrected chi connectivity index (χ1v) is 7.97. The molecule has 4 heteroatoms. The van der Waals surface area contributed by atoms with E-state index in [2.05, 4.69) is 29.3 Å². The first kappa shape index (κ1) is 17.9. The number of aliphatic imine (C=N–C) groups is 1. The molecular formula is C20H17NO2V. The van der Waals surface area contributed by atoms with Gasteiger partial charge in [-0.05, 0) is 41.8 Å². The van der Waals surface area contributed by atoms with Crippen molar-refractivity contribution < 1.29 is 26.1 Å². The normalized spacial score (nSPS) is 10.2. The average molecular weight is 354 g/mol. The third-order valence-electron chi connectivity index (χ3n) is 3.60. The van der Waals surface area contributed by atoms with Gasteiger partial charge >= 0.3 is 21.0 Å². The Balaban J connectivity index is 0.00000100. The van der Waals surface area contributed by atoms with E-state index in [1.54, 1.807) is 6.21 Å². The number of nitrogens with zero attached hydrogens (tertiary/aromatic N) is 1. The van der Waals surface area contributed by atoms with Gasteiger partial charge in [0.15, 0.2) is 0 Å². The first-order chi connectivity index (χ1) is 11.7. The Morgan fingerprint density at radius 3 is 2.12 bits per heavy atom. The molecule has 3 aromatic carbocycles. The summed E-state index contributed by atoms with van der Waals surface area (Å²) >= 11 is 1.06. The monoisotopic (exact) mass is 354 g/mol. The first-order valence-electron chi connectivity index (χ1n) is 7.40. The Morgan fingerprint density at radius 2 is 1.46 bits per heavy atom. The Bertz CT molecular complexity index is 815. The molecule has 3 rings (SSSR count). The van der Waals surface area contributed by atoms with Crippen molar-refractivity contribution in [2.24, 2.45) is 4.99 Å². The number of hydrogen-bond donors (Lipinski definition) is 1. The van der Waals surface area contributed by atoms with Crippen molar-refractivity contribution >= 4 is 11.9 Å². The van der Waals surface area contributed by atoms with Crippen LogP contribution in [0, 0.1) is 6.92 Å². The van der Waals surface area contributed by atoms with Crippen molar-refractivity contribution in [3.63, 3.8) is 0 Å². The van der Waals surface area contributed by atoms with Gasteiger partial charge in [-0.1, -0.05) is 54.6 Å². The second kappa shape index (κ2) is 8.97. The second-order valence-corrected chi connectivity index (χ2v) is 5.18. The Kier molecular flexibility index (Phi) is 6.67. The van der Waals surface area contributed by atoms with Gasteiger partial charge in [0.05, 0.1) is 5.69 Å². The third kappa shape index (κ3) is 4.51. The summed E-state index contributed by atoms with van der Waals surface area (Å²) in [7, 11) is 0. The molecule has 24 heavy (non-hydrogen) atoms. The predicted molar refractivity (Wildman–Crippen MR) is 92.7 cm³/mol.